The molecule has 2 aliphatic carbocycles. The first-order valence-corrected chi connectivity index (χ1v) is 7.93. The number of aryl methyl sites for hydroxylation is 2. The smallest absolute Gasteiger partial charge is 0.122 e. The second-order valence-corrected chi connectivity index (χ2v) is 6.90. The van der Waals surface area contributed by atoms with Gasteiger partial charge in [-0.25, -0.2) is 0 Å². The molecule has 0 bridgehead atoms. The molecule has 1 spiro atoms. The molecule has 19 heavy (non-hydrogen) atoms. The van der Waals surface area contributed by atoms with Crippen LogP contribution in [0.2, 0.25) is 0 Å². The van der Waals surface area contributed by atoms with Crippen LogP contribution in [0, 0.1) is 19.3 Å². The Hall–Kier alpha value is -0.690. The number of rotatable bonds is 2. The molecule has 1 nitrogen and oxygen atoms in total. The van der Waals surface area contributed by atoms with Crippen molar-refractivity contribution in [3.05, 3.63) is 29.3 Å². The number of alkyl halides is 1. The number of halogens is 1. The summed E-state index contributed by atoms with van der Waals surface area (Å²) in [6, 6.07) is 6.45. The molecule has 0 aromatic heterocycles. The molecule has 2 atom stereocenters. The van der Waals surface area contributed by atoms with Gasteiger partial charge in [0.2, 0.25) is 0 Å². The Bertz CT molecular complexity index is 462. The van der Waals surface area contributed by atoms with Crippen molar-refractivity contribution in [1.82, 2.24) is 0 Å². The molecular formula is C17H23ClO. The van der Waals surface area contributed by atoms with Crippen molar-refractivity contribution < 1.29 is 4.74 Å². The van der Waals surface area contributed by atoms with E-state index in [0.717, 1.165) is 12.2 Å². The zero-order chi connectivity index (χ0) is 13.5. The lowest BCUT2D eigenvalue weighted by Crippen LogP contribution is -2.58. The number of ether oxygens (including phenoxy) is 1. The normalized spacial score (nSPS) is 29.0. The van der Waals surface area contributed by atoms with Gasteiger partial charge in [-0.05, 0) is 43.9 Å². The van der Waals surface area contributed by atoms with Crippen LogP contribution in [0.4, 0.5) is 0 Å². The Morgan fingerprint density at radius 1 is 1.16 bits per heavy atom. The van der Waals surface area contributed by atoms with Crippen LogP contribution in [-0.2, 0) is 0 Å². The van der Waals surface area contributed by atoms with Gasteiger partial charge in [0, 0.05) is 17.2 Å². The Morgan fingerprint density at radius 2 is 1.89 bits per heavy atom. The van der Waals surface area contributed by atoms with E-state index in [1.807, 2.05) is 0 Å². The summed E-state index contributed by atoms with van der Waals surface area (Å²) in [6.07, 6.45) is 7.83. The van der Waals surface area contributed by atoms with Gasteiger partial charge < -0.3 is 4.74 Å². The summed E-state index contributed by atoms with van der Waals surface area (Å²) in [7, 11) is 0. The molecule has 2 heteroatoms. The van der Waals surface area contributed by atoms with Crippen LogP contribution in [0.5, 0.6) is 5.75 Å². The lowest BCUT2D eigenvalue weighted by atomic mass is 9.58. The first-order valence-electron chi connectivity index (χ1n) is 7.50. The van der Waals surface area contributed by atoms with E-state index in [9.17, 15) is 0 Å². The molecule has 2 fully saturated rings. The van der Waals surface area contributed by atoms with Crippen LogP contribution >= 0.6 is 11.6 Å². The van der Waals surface area contributed by atoms with Crippen molar-refractivity contribution in [3.63, 3.8) is 0 Å². The van der Waals surface area contributed by atoms with E-state index in [1.54, 1.807) is 0 Å². The van der Waals surface area contributed by atoms with Gasteiger partial charge in [-0.1, -0.05) is 31.4 Å². The molecule has 0 N–H and O–H groups in total. The molecule has 2 aliphatic rings. The van der Waals surface area contributed by atoms with E-state index in [4.69, 9.17) is 16.3 Å². The highest BCUT2D eigenvalue weighted by atomic mass is 35.5. The fraction of sp³-hybridized carbons (Fsp3) is 0.647. The fourth-order valence-corrected chi connectivity index (χ4v) is 4.22. The average Bonchev–Trinajstić information content (AvgIpc) is 2.43. The van der Waals surface area contributed by atoms with Gasteiger partial charge in [0.1, 0.15) is 11.9 Å². The largest absolute Gasteiger partial charge is 0.489 e. The molecule has 2 saturated carbocycles. The summed E-state index contributed by atoms with van der Waals surface area (Å²) in [6.45, 7) is 4.24. The Balaban J connectivity index is 1.78. The average molecular weight is 279 g/mol. The number of hydrogen-bond acceptors (Lipinski definition) is 1. The lowest BCUT2D eigenvalue weighted by molar-refractivity contribution is -0.0653. The standard InChI is InChI=1S/C17H23ClO/c1-12-6-7-13(2)14(10-12)19-16-11-15(18)17(16)8-4-3-5-9-17/h6-7,10,15-16H,3-5,8-9,11H2,1-2H3. The molecule has 0 saturated heterocycles. The molecule has 1 aromatic carbocycles. The first kappa shape index (κ1) is 13.3. The second-order valence-electron chi connectivity index (χ2n) is 6.37. The zero-order valence-electron chi connectivity index (χ0n) is 11.9. The minimum Gasteiger partial charge on any atom is -0.489 e. The molecular weight excluding hydrogens is 256 g/mol. The zero-order valence-corrected chi connectivity index (χ0v) is 12.7. The molecule has 0 heterocycles. The third kappa shape index (κ3) is 2.27. The van der Waals surface area contributed by atoms with E-state index >= 15 is 0 Å². The number of hydrogen-bond donors (Lipinski definition) is 0. The monoisotopic (exact) mass is 278 g/mol. The van der Waals surface area contributed by atoms with Gasteiger partial charge in [-0.2, -0.15) is 0 Å². The van der Waals surface area contributed by atoms with Crippen LogP contribution in [0.15, 0.2) is 18.2 Å². The third-order valence-electron chi connectivity index (χ3n) is 5.08. The van der Waals surface area contributed by atoms with Crippen molar-refractivity contribution in [1.29, 1.82) is 0 Å². The van der Waals surface area contributed by atoms with Crippen LogP contribution < -0.4 is 4.74 Å². The SMILES string of the molecule is Cc1ccc(C)c(OC2CC(Cl)C23CCCCC3)c1. The Morgan fingerprint density at radius 3 is 2.58 bits per heavy atom. The highest BCUT2D eigenvalue weighted by Crippen LogP contribution is 2.55. The molecule has 0 radical (unpaired) electrons. The van der Waals surface area contributed by atoms with Crippen LogP contribution in [-0.4, -0.2) is 11.5 Å². The van der Waals surface area contributed by atoms with Gasteiger partial charge >= 0.3 is 0 Å². The highest BCUT2D eigenvalue weighted by Gasteiger charge is 2.55. The predicted octanol–water partition coefficient (Wildman–Crippen LogP) is 5.01. The maximum absolute atomic E-state index is 6.54. The summed E-state index contributed by atoms with van der Waals surface area (Å²) in [5, 5.41) is 0.322. The quantitative estimate of drug-likeness (QED) is 0.691. The van der Waals surface area contributed by atoms with Gasteiger partial charge in [-0.15, -0.1) is 11.6 Å². The molecule has 2 unspecified atom stereocenters. The van der Waals surface area contributed by atoms with Crippen LogP contribution in [0.3, 0.4) is 0 Å². The van der Waals surface area contributed by atoms with E-state index in [2.05, 4.69) is 32.0 Å². The van der Waals surface area contributed by atoms with E-state index in [0.29, 0.717) is 11.5 Å². The summed E-state index contributed by atoms with van der Waals surface area (Å²) >= 11 is 6.54. The van der Waals surface area contributed by atoms with Crippen LogP contribution in [0.25, 0.3) is 0 Å². The summed E-state index contributed by atoms with van der Waals surface area (Å²) in [4.78, 5) is 0. The van der Waals surface area contributed by atoms with Crippen LogP contribution in [0.1, 0.15) is 49.7 Å². The first-order chi connectivity index (χ1) is 9.12. The van der Waals surface area contributed by atoms with Crippen molar-refractivity contribution in [3.8, 4) is 5.75 Å². The second kappa shape index (κ2) is 5.01. The van der Waals surface area contributed by atoms with Gasteiger partial charge in [0.15, 0.2) is 0 Å². The van der Waals surface area contributed by atoms with Crippen molar-refractivity contribution in [2.45, 2.75) is 63.9 Å². The maximum Gasteiger partial charge on any atom is 0.122 e. The fourth-order valence-electron chi connectivity index (χ4n) is 3.70. The molecule has 1 aromatic rings. The maximum atomic E-state index is 6.54. The minimum atomic E-state index is 0.260. The Kier molecular flexibility index (Phi) is 3.51. The van der Waals surface area contributed by atoms with E-state index in [1.165, 1.54) is 43.2 Å². The Labute approximate surface area is 121 Å². The van der Waals surface area contributed by atoms with Gasteiger partial charge in [0.25, 0.3) is 0 Å². The topological polar surface area (TPSA) is 9.23 Å². The highest BCUT2D eigenvalue weighted by molar-refractivity contribution is 6.21. The summed E-state index contributed by atoms with van der Waals surface area (Å²) < 4.78 is 6.34. The summed E-state index contributed by atoms with van der Waals surface area (Å²) in [5.41, 5.74) is 2.75. The summed E-state index contributed by atoms with van der Waals surface area (Å²) in [5.74, 6) is 1.05. The van der Waals surface area contributed by atoms with Crippen molar-refractivity contribution >= 4 is 11.6 Å². The van der Waals surface area contributed by atoms with Crippen molar-refractivity contribution in [2.24, 2.45) is 5.41 Å². The van der Waals surface area contributed by atoms with E-state index < -0.39 is 0 Å². The molecule has 3 rings (SSSR count). The van der Waals surface area contributed by atoms with E-state index in [-0.39, 0.29) is 5.41 Å². The molecule has 0 amide bonds. The predicted molar refractivity (Wildman–Crippen MR) is 80.1 cm³/mol. The lowest BCUT2D eigenvalue weighted by Gasteiger charge is -2.55. The van der Waals surface area contributed by atoms with Gasteiger partial charge in [0.05, 0.1) is 0 Å². The number of benzene rings is 1. The van der Waals surface area contributed by atoms with Gasteiger partial charge in [-0.3, -0.25) is 0 Å². The third-order valence-corrected chi connectivity index (χ3v) is 5.70. The molecule has 0 aliphatic heterocycles. The molecule has 104 valence electrons. The minimum absolute atomic E-state index is 0.260. The van der Waals surface area contributed by atoms with Crippen molar-refractivity contribution in [2.75, 3.05) is 0 Å².